The van der Waals surface area contributed by atoms with Crippen LogP contribution in [0.3, 0.4) is 0 Å². The molecule has 2 aromatic rings. The number of hydrogen-bond donors (Lipinski definition) is 1. The maximum atomic E-state index is 12.2. The molecule has 2 aromatic heterocycles. The van der Waals surface area contributed by atoms with E-state index in [1.165, 1.54) is 4.68 Å². The van der Waals surface area contributed by atoms with Crippen LogP contribution < -0.4 is 5.32 Å². The molecule has 0 aliphatic rings. The Balaban J connectivity index is 1.81. The molecule has 5 nitrogen and oxygen atoms in total. The minimum absolute atomic E-state index is 0.360. The SMILES string of the molecule is CC(C)Cn1nccc1CNCc1ccn(CC(F)F)n1. The van der Waals surface area contributed by atoms with E-state index in [-0.39, 0.29) is 6.54 Å². The van der Waals surface area contributed by atoms with Gasteiger partial charge in [0, 0.05) is 32.0 Å². The van der Waals surface area contributed by atoms with E-state index < -0.39 is 6.43 Å². The smallest absolute Gasteiger partial charge is 0.257 e. The van der Waals surface area contributed by atoms with Crippen molar-refractivity contribution in [2.75, 3.05) is 0 Å². The first-order valence-corrected chi connectivity index (χ1v) is 7.06. The molecule has 0 saturated carbocycles. The molecular formula is C14H21F2N5. The van der Waals surface area contributed by atoms with Crippen molar-refractivity contribution in [1.29, 1.82) is 0 Å². The molecule has 0 aliphatic heterocycles. The van der Waals surface area contributed by atoms with Crippen LogP contribution in [0.4, 0.5) is 8.78 Å². The van der Waals surface area contributed by atoms with Crippen LogP contribution in [0.25, 0.3) is 0 Å². The second-order valence-corrected chi connectivity index (χ2v) is 5.42. The first-order chi connectivity index (χ1) is 10.0. The molecular weight excluding hydrogens is 276 g/mol. The first kappa shape index (κ1) is 15.6. The summed E-state index contributed by atoms with van der Waals surface area (Å²) in [5.41, 5.74) is 1.86. The van der Waals surface area contributed by atoms with Crippen LogP contribution in [-0.4, -0.2) is 26.0 Å². The largest absolute Gasteiger partial charge is 0.305 e. The van der Waals surface area contributed by atoms with Gasteiger partial charge < -0.3 is 5.32 Å². The van der Waals surface area contributed by atoms with Gasteiger partial charge in [-0.15, -0.1) is 0 Å². The van der Waals surface area contributed by atoms with Crippen LogP contribution in [0.15, 0.2) is 24.5 Å². The molecule has 0 aromatic carbocycles. The fourth-order valence-electron chi connectivity index (χ4n) is 2.08. The van der Waals surface area contributed by atoms with Gasteiger partial charge in [0.2, 0.25) is 0 Å². The molecule has 0 radical (unpaired) electrons. The van der Waals surface area contributed by atoms with E-state index >= 15 is 0 Å². The number of nitrogens with one attached hydrogen (secondary N) is 1. The minimum Gasteiger partial charge on any atom is -0.305 e. The summed E-state index contributed by atoms with van der Waals surface area (Å²) < 4.78 is 27.7. The Morgan fingerprint density at radius 1 is 1.19 bits per heavy atom. The second-order valence-electron chi connectivity index (χ2n) is 5.42. The Labute approximate surface area is 123 Å². The summed E-state index contributed by atoms with van der Waals surface area (Å²) in [4.78, 5) is 0. The van der Waals surface area contributed by atoms with E-state index in [1.54, 1.807) is 18.5 Å². The quantitative estimate of drug-likeness (QED) is 0.813. The summed E-state index contributed by atoms with van der Waals surface area (Å²) in [5, 5.41) is 11.6. The van der Waals surface area contributed by atoms with E-state index in [4.69, 9.17) is 0 Å². The monoisotopic (exact) mass is 297 g/mol. The number of hydrogen-bond acceptors (Lipinski definition) is 3. The lowest BCUT2D eigenvalue weighted by atomic mass is 10.2. The third-order valence-corrected chi connectivity index (χ3v) is 2.98. The summed E-state index contributed by atoms with van der Waals surface area (Å²) in [5.74, 6) is 0.536. The van der Waals surface area contributed by atoms with Gasteiger partial charge in [-0.05, 0) is 18.1 Å². The molecule has 0 spiro atoms. The zero-order valence-electron chi connectivity index (χ0n) is 12.3. The van der Waals surface area contributed by atoms with Crippen LogP contribution in [-0.2, 0) is 26.2 Å². The van der Waals surface area contributed by atoms with E-state index in [0.29, 0.717) is 19.0 Å². The van der Waals surface area contributed by atoms with Crippen molar-refractivity contribution in [1.82, 2.24) is 24.9 Å². The van der Waals surface area contributed by atoms with Crippen LogP contribution in [0.2, 0.25) is 0 Å². The summed E-state index contributed by atoms with van der Waals surface area (Å²) in [6, 6.07) is 3.73. The summed E-state index contributed by atoms with van der Waals surface area (Å²) >= 11 is 0. The van der Waals surface area contributed by atoms with E-state index in [0.717, 1.165) is 17.9 Å². The predicted molar refractivity (Wildman–Crippen MR) is 75.8 cm³/mol. The lowest BCUT2D eigenvalue weighted by Crippen LogP contribution is -2.18. The molecule has 7 heteroatoms. The highest BCUT2D eigenvalue weighted by Crippen LogP contribution is 2.05. The summed E-state index contributed by atoms with van der Waals surface area (Å²) in [7, 11) is 0. The van der Waals surface area contributed by atoms with Gasteiger partial charge in [-0.3, -0.25) is 9.36 Å². The van der Waals surface area contributed by atoms with Crippen molar-refractivity contribution in [2.24, 2.45) is 5.92 Å². The zero-order valence-corrected chi connectivity index (χ0v) is 12.3. The van der Waals surface area contributed by atoms with Crippen LogP contribution >= 0.6 is 0 Å². The molecule has 1 N–H and O–H groups in total. The van der Waals surface area contributed by atoms with Crippen molar-refractivity contribution in [3.05, 3.63) is 35.9 Å². The highest BCUT2D eigenvalue weighted by Gasteiger charge is 2.07. The second kappa shape index (κ2) is 7.31. The number of alkyl halides is 2. The predicted octanol–water partition coefficient (Wildman–Crippen LogP) is 2.29. The Bertz CT molecular complexity index is 547. The van der Waals surface area contributed by atoms with Gasteiger partial charge in [0.1, 0.15) is 6.54 Å². The average Bonchev–Trinajstić information content (AvgIpc) is 2.99. The summed E-state index contributed by atoms with van der Waals surface area (Å²) in [6.45, 7) is 6.04. The van der Waals surface area contributed by atoms with Crippen molar-refractivity contribution in [2.45, 2.75) is 46.5 Å². The van der Waals surface area contributed by atoms with E-state index in [2.05, 4.69) is 29.4 Å². The van der Waals surface area contributed by atoms with Crippen molar-refractivity contribution >= 4 is 0 Å². The molecule has 2 rings (SSSR count). The van der Waals surface area contributed by atoms with Crippen LogP contribution in [0.5, 0.6) is 0 Å². The van der Waals surface area contributed by atoms with E-state index in [9.17, 15) is 8.78 Å². The third kappa shape index (κ3) is 4.93. The highest BCUT2D eigenvalue weighted by atomic mass is 19.3. The molecule has 0 saturated heterocycles. The maximum Gasteiger partial charge on any atom is 0.257 e. The zero-order chi connectivity index (χ0) is 15.2. The molecule has 0 aliphatic carbocycles. The molecule has 0 fully saturated rings. The van der Waals surface area contributed by atoms with Gasteiger partial charge in [0.25, 0.3) is 6.43 Å². The maximum absolute atomic E-state index is 12.2. The Morgan fingerprint density at radius 2 is 2.00 bits per heavy atom. The fraction of sp³-hybridized carbons (Fsp3) is 0.571. The van der Waals surface area contributed by atoms with E-state index in [1.807, 2.05) is 10.7 Å². The lowest BCUT2D eigenvalue weighted by molar-refractivity contribution is 0.121. The first-order valence-electron chi connectivity index (χ1n) is 7.06. The molecule has 0 atom stereocenters. The molecule has 2 heterocycles. The topological polar surface area (TPSA) is 47.7 Å². The minimum atomic E-state index is -2.38. The average molecular weight is 297 g/mol. The van der Waals surface area contributed by atoms with Gasteiger partial charge in [0.15, 0.2) is 0 Å². The number of halogens is 2. The van der Waals surface area contributed by atoms with Gasteiger partial charge in [-0.2, -0.15) is 10.2 Å². The Kier molecular flexibility index (Phi) is 5.44. The number of aromatic nitrogens is 4. The standard InChI is InChI=1S/C14H21F2N5/c1-11(2)9-21-13(3-5-18-21)8-17-7-12-4-6-20(19-12)10-14(15)16/h3-6,11,14,17H,7-10H2,1-2H3. The lowest BCUT2D eigenvalue weighted by Gasteiger charge is -2.10. The molecule has 0 bridgehead atoms. The van der Waals surface area contributed by atoms with Crippen molar-refractivity contribution < 1.29 is 8.78 Å². The van der Waals surface area contributed by atoms with Crippen molar-refractivity contribution in [3.63, 3.8) is 0 Å². The Hall–Kier alpha value is -1.76. The number of rotatable bonds is 8. The van der Waals surface area contributed by atoms with Crippen LogP contribution in [0.1, 0.15) is 25.2 Å². The highest BCUT2D eigenvalue weighted by molar-refractivity contribution is 5.02. The Morgan fingerprint density at radius 3 is 2.71 bits per heavy atom. The number of nitrogens with zero attached hydrogens (tertiary/aromatic N) is 4. The molecule has 0 amide bonds. The normalized spacial score (nSPS) is 11.7. The summed E-state index contributed by atoms with van der Waals surface area (Å²) in [6.07, 6.45) is 0.985. The van der Waals surface area contributed by atoms with Gasteiger partial charge >= 0.3 is 0 Å². The van der Waals surface area contributed by atoms with Gasteiger partial charge in [-0.25, -0.2) is 8.78 Å². The molecule has 21 heavy (non-hydrogen) atoms. The van der Waals surface area contributed by atoms with Gasteiger partial charge in [-0.1, -0.05) is 13.8 Å². The van der Waals surface area contributed by atoms with Crippen LogP contribution in [0, 0.1) is 5.92 Å². The van der Waals surface area contributed by atoms with Gasteiger partial charge in [0.05, 0.1) is 11.4 Å². The fourth-order valence-corrected chi connectivity index (χ4v) is 2.08. The molecule has 0 unspecified atom stereocenters. The van der Waals surface area contributed by atoms with Crippen molar-refractivity contribution in [3.8, 4) is 0 Å². The third-order valence-electron chi connectivity index (χ3n) is 2.98. The molecule has 116 valence electrons.